The van der Waals surface area contributed by atoms with Crippen molar-refractivity contribution in [2.24, 2.45) is 0 Å². The van der Waals surface area contributed by atoms with Crippen molar-refractivity contribution < 1.29 is 0 Å². The molecule has 0 fully saturated rings. The summed E-state index contributed by atoms with van der Waals surface area (Å²) in [7, 11) is 0. The normalized spacial score (nSPS) is 9.00. The fourth-order valence-corrected chi connectivity index (χ4v) is 1.57. The van der Waals surface area contributed by atoms with Crippen LogP contribution in [0.1, 0.15) is 5.56 Å². The zero-order valence-electron chi connectivity index (χ0n) is 8.68. The Labute approximate surface area is 121 Å². The molecular formula is C13H11NPbS. The second-order valence-corrected chi connectivity index (χ2v) is 3.59. The Morgan fingerprint density at radius 2 is 1.31 bits per heavy atom. The Kier molecular flexibility index (Phi) is 5.62. The van der Waals surface area contributed by atoms with Gasteiger partial charge in [-0.2, -0.15) is 0 Å². The minimum absolute atomic E-state index is 0. The maximum Gasteiger partial charge on any atom is 0.110 e. The molecule has 0 bridgehead atoms. The summed E-state index contributed by atoms with van der Waals surface area (Å²) in [6.07, 6.45) is 0. The monoisotopic (exact) mass is 421 g/mol. The molecule has 2 rings (SSSR count). The maximum atomic E-state index is 5.29. The van der Waals surface area contributed by atoms with Crippen molar-refractivity contribution >= 4 is 50.2 Å². The molecule has 0 spiro atoms. The van der Waals surface area contributed by atoms with Crippen LogP contribution in [0.3, 0.4) is 0 Å². The Hall–Kier alpha value is -0.748. The first kappa shape index (κ1) is 13.3. The molecule has 0 atom stereocenters. The van der Waals surface area contributed by atoms with Crippen molar-refractivity contribution in [3.05, 3.63) is 66.2 Å². The Morgan fingerprint density at radius 3 is 1.88 bits per heavy atom. The molecule has 0 aliphatic heterocycles. The molecule has 0 saturated carbocycles. The third-order valence-electron chi connectivity index (χ3n) is 2.07. The summed E-state index contributed by atoms with van der Waals surface area (Å²) in [6.45, 7) is 0. The summed E-state index contributed by atoms with van der Waals surface area (Å²) in [5.74, 6) is 0. The third kappa shape index (κ3) is 3.68. The van der Waals surface area contributed by atoms with E-state index in [1.807, 2.05) is 60.7 Å². The Bertz CT molecular complexity index is 442. The minimum atomic E-state index is 0. The second kappa shape index (κ2) is 6.75. The van der Waals surface area contributed by atoms with E-state index in [1.165, 1.54) is 0 Å². The van der Waals surface area contributed by atoms with Gasteiger partial charge in [-0.05, 0) is 12.1 Å². The summed E-state index contributed by atoms with van der Waals surface area (Å²) in [5.41, 5.74) is 2.06. The predicted molar refractivity (Wildman–Crippen MR) is 74.0 cm³/mol. The van der Waals surface area contributed by atoms with Crippen LogP contribution in [-0.4, -0.2) is 32.3 Å². The molecule has 1 N–H and O–H groups in total. The zero-order valence-corrected chi connectivity index (χ0v) is 13.4. The van der Waals surface area contributed by atoms with Gasteiger partial charge in [-0.1, -0.05) is 60.7 Å². The zero-order chi connectivity index (χ0) is 10.5. The van der Waals surface area contributed by atoms with E-state index in [0.29, 0.717) is 0 Å². The number of anilines is 1. The number of nitrogens with one attached hydrogen (secondary N) is 1. The fourth-order valence-electron chi connectivity index (χ4n) is 1.31. The number of hydrogen-bond acceptors (Lipinski definition) is 1. The second-order valence-electron chi connectivity index (χ2n) is 3.19. The molecule has 4 radical (unpaired) electrons. The standard InChI is InChI=1S/C13H11NS.Pb/c15-13(11-7-3-1-4-8-11)14-12-9-5-2-6-10-12;/h1-10H,(H,14,15);. The van der Waals surface area contributed by atoms with Crippen molar-refractivity contribution in [3.63, 3.8) is 0 Å². The van der Waals surface area contributed by atoms with Gasteiger partial charge in [0.15, 0.2) is 0 Å². The molecule has 16 heavy (non-hydrogen) atoms. The molecule has 0 amide bonds. The first-order valence-electron chi connectivity index (χ1n) is 4.78. The van der Waals surface area contributed by atoms with Gasteiger partial charge in [0.2, 0.25) is 0 Å². The van der Waals surface area contributed by atoms with Crippen LogP contribution in [-0.2, 0) is 0 Å². The van der Waals surface area contributed by atoms with Crippen molar-refractivity contribution in [2.45, 2.75) is 0 Å². The fraction of sp³-hybridized carbons (Fsp3) is 0. The predicted octanol–water partition coefficient (Wildman–Crippen LogP) is 3.09. The first-order chi connectivity index (χ1) is 7.36. The Morgan fingerprint density at radius 1 is 0.812 bits per heavy atom. The summed E-state index contributed by atoms with van der Waals surface area (Å²) in [4.78, 5) is 0.752. The van der Waals surface area contributed by atoms with Gasteiger partial charge in [-0.15, -0.1) is 0 Å². The molecule has 2 aromatic carbocycles. The number of para-hydroxylation sites is 1. The molecule has 0 aliphatic carbocycles. The smallest absolute Gasteiger partial charge is 0.110 e. The van der Waals surface area contributed by atoms with Crippen LogP contribution >= 0.6 is 12.2 Å². The number of rotatable bonds is 2. The van der Waals surface area contributed by atoms with Gasteiger partial charge in [-0.3, -0.25) is 0 Å². The van der Waals surface area contributed by atoms with Crippen LogP contribution in [0.5, 0.6) is 0 Å². The van der Waals surface area contributed by atoms with Gasteiger partial charge in [0, 0.05) is 38.5 Å². The number of thiocarbonyl (C=S) groups is 1. The molecule has 2 aromatic rings. The van der Waals surface area contributed by atoms with Gasteiger partial charge in [0.05, 0.1) is 0 Å². The molecule has 3 heteroatoms. The van der Waals surface area contributed by atoms with Gasteiger partial charge >= 0.3 is 0 Å². The van der Waals surface area contributed by atoms with Crippen LogP contribution < -0.4 is 5.32 Å². The van der Waals surface area contributed by atoms with E-state index >= 15 is 0 Å². The molecular weight excluding hydrogens is 409 g/mol. The van der Waals surface area contributed by atoms with Crippen LogP contribution in [0.2, 0.25) is 0 Å². The van der Waals surface area contributed by atoms with Crippen molar-refractivity contribution in [2.75, 3.05) is 5.32 Å². The summed E-state index contributed by atoms with van der Waals surface area (Å²) >= 11 is 5.29. The average molecular weight is 421 g/mol. The van der Waals surface area contributed by atoms with Crippen LogP contribution in [0.4, 0.5) is 5.69 Å². The van der Waals surface area contributed by atoms with E-state index in [4.69, 9.17) is 12.2 Å². The van der Waals surface area contributed by atoms with Gasteiger partial charge in [0.25, 0.3) is 0 Å². The molecule has 0 aliphatic rings. The van der Waals surface area contributed by atoms with E-state index in [9.17, 15) is 0 Å². The van der Waals surface area contributed by atoms with E-state index in [-0.39, 0.29) is 27.3 Å². The topological polar surface area (TPSA) is 12.0 Å². The maximum absolute atomic E-state index is 5.29. The quantitative estimate of drug-likeness (QED) is 0.592. The van der Waals surface area contributed by atoms with Crippen LogP contribution in [0.15, 0.2) is 60.7 Å². The summed E-state index contributed by atoms with van der Waals surface area (Å²) < 4.78 is 0. The number of benzene rings is 2. The molecule has 78 valence electrons. The SMILES string of the molecule is S=C(Nc1ccccc1)c1ccccc1.[Pb]. The number of hydrogen-bond donors (Lipinski definition) is 1. The van der Waals surface area contributed by atoms with E-state index in [2.05, 4.69) is 5.32 Å². The molecule has 1 nitrogen and oxygen atoms in total. The average Bonchev–Trinajstić information content (AvgIpc) is 2.31. The summed E-state index contributed by atoms with van der Waals surface area (Å²) in [6, 6.07) is 19.9. The van der Waals surface area contributed by atoms with Gasteiger partial charge in [0.1, 0.15) is 4.99 Å². The molecule has 0 saturated heterocycles. The molecule has 0 heterocycles. The first-order valence-corrected chi connectivity index (χ1v) is 5.18. The van der Waals surface area contributed by atoms with Gasteiger partial charge in [-0.25, -0.2) is 0 Å². The van der Waals surface area contributed by atoms with Crippen molar-refractivity contribution in [3.8, 4) is 0 Å². The third-order valence-corrected chi connectivity index (χ3v) is 2.41. The Balaban J connectivity index is 0.00000128. The van der Waals surface area contributed by atoms with E-state index in [1.54, 1.807) is 0 Å². The molecule has 0 aromatic heterocycles. The van der Waals surface area contributed by atoms with Gasteiger partial charge < -0.3 is 5.32 Å². The van der Waals surface area contributed by atoms with Crippen LogP contribution in [0.25, 0.3) is 0 Å². The van der Waals surface area contributed by atoms with Crippen molar-refractivity contribution in [1.82, 2.24) is 0 Å². The van der Waals surface area contributed by atoms with Crippen molar-refractivity contribution in [1.29, 1.82) is 0 Å². The molecule has 0 unspecified atom stereocenters. The van der Waals surface area contributed by atoms with E-state index in [0.717, 1.165) is 16.2 Å². The van der Waals surface area contributed by atoms with E-state index < -0.39 is 0 Å². The van der Waals surface area contributed by atoms with Crippen LogP contribution in [0, 0.1) is 0 Å². The minimum Gasteiger partial charge on any atom is -0.346 e. The summed E-state index contributed by atoms with van der Waals surface area (Å²) in [5, 5.41) is 3.19. The largest absolute Gasteiger partial charge is 0.346 e.